The third-order valence-electron chi connectivity index (χ3n) is 3.90. The zero-order chi connectivity index (χ0) is 16.3. The van der Waals surface area contributed by atoms with Crippen molar-refractivity contribution >= 4 is 5.91 Å². The second-order valence-corrected chi connectivity index (χ2v) is 5.88. The second-order valence-electron chi connectivity index (χ2n) is 5.88. The van der Waals surface area contributed by atoms with Crippen molar-refractivity contribution in [3.05, 3.63) is 0 Å². The van der Waals surface area contributed by atoms with Crippen LogP contribution in [0.25, 0.3) is 0 Å². The maximum Gasteiger partial charge on any atom is 0.234 e. The molecule has 126 valence electrons. The first-order chi connectivity index (χ1) is 9.94. The minimum Gasteiger partial charge on any atom is -0.368 e. The van der Waals surface area contributed by atoms with Gasteiger partial charge in [0, 0.05) is 12.6 Å². The van der Waals surface area contributed by atoms with Gasteiger partial charge in [-0.1, -0.05) is 34.6 Å². The molecule has 0 aromatic heterocycles. The molecule has 0 heterocycles. The maximum absolute atomic E-state index is 11.5. The molecule has 0 saturated carbocycles. The molecule has 5 heteroatoms. The number of nitrogens with two attached hydrogens (primary N) is 1. The molecule has 3 N–H and O–H groups in total. The Morgan fingerprint density at radius 3 is 1.95 bits per heavy atom. The number of hydrogen-bond acceptors (Lipinski definition) is 4. The van der Waals surface area contributed by atoms with Gasteiger partial charge in [-0.25, -0.2) is 0 Å². The van der Waals surface area contributed by atoms with Gasteiger partial charge in [-0.15, -0.1) is 0 Å². The normalized spacial score (nSPS) is 13.3. The number of carbonyl (C=O) groups excluding carboxylic acids is 1. The fourth-order valence-electron chi connectivity index (χ4n) is 2.51. The van der Waals surface area contributed by atoms with Gasteiger partial charge in [0.1, 0.15) is 0 Å². The molecule has 5 nitrogen and oxygen atoms in total. The highest BCUT2D eigenvalue weighted by Gasteiger charge is 2.17. The average Bonchev–Trinajstić information content (AvgIpc) is 2.44. The maximum atomic E-state index is 11.5. The van der Waals surface area contributed by atoms with Crippen LogP contribution in [-0.4, -0.2) is 67.1 Å². The number of nitrogens with zero attached hydrogens (tertiary/aromatic N) is 2. The summed E-state index contributed by atoms with van der Waals surface area (Å²) in [5, 5.41) is 3.24. The van der Waals surface area contributed by atoms with Crippen LogP contribution in [0.3, 0.4) is 0 Å². The van der Waals surface area contributed by atoms with Gasteiger partial charge in [0.05, 0.1) is 6.04 Å². The molecule has 0 fully saturated rings. The minimum atomic E-state index is -0.247. The van der Waals surface area contributed by atoms with Crippen LogP contribution in [0.1, 0.15) is 47.5 Å². The summed E-state index contributed by atoms with van der Waals surface area (Å²) in [4.78, 5) is 16.3. The van der Waals surface area contributed by atoms with E-state index in [-0.39, 0.29) is 18.0 Å². The summed E-state index contributed by atoms with van der Waals surface area (Å²) in [5.41, 5.74) is 5.46. The van der Waals surface area contributed by atoms with Crippen LogP contribution in [0.15, 0.2) is 0 Å². The summed E-state index contributed by atoms with van der Waals surface area (Å²) in [7, 11) is 0. The fourth-order valence-corrected chi connectivity index (χ4v) is 2.51. The smallest absolute Gasteiger partial charge is 0.234 e. The highest BCUT2D eigenvalue weighted by molar-refractivity contribution is 5.79. The van der Waals surface area contributed by atoms with E-state index < -0.39 is 0 Å². The van der Waals surface area contributed by atoms with Gasteiger partial charge in [0.15, 0.2) is 0 Å². The number of nitrogens with one attached hydrogen (secondary N) is 1. The van der Waals surface area contributed by atoms with Gasteiger partial charge in [-0.3, -0.25) is 4.79 Å². The van der Waals surface area contributed by atoms with Crippen LogP contribution < -0.4 is 11.1 Å². The molecule has 0 spiro atoms. The average molecular weight is 300 g/mol. The molecular formula is C16H36N4O. The molecule has 0 aromatic rings. The molecule has 0 radical (unpaired) electrons. The van der Waals surface area contributed by atoms with E-state index in [0.29, 0.717) is 0 Å². The number of amides is 1. The number of primary amides is 1. The van der Waals surface area contributed by atoms with Crippen LogP contribution in [-0.2, 0) is 4.79 Å². The summed E-state index contributed by atoms with van der Waals surface area (Å²) >= 11 is 0. The highest BCUT2D eigenvalue weighted by atomic mass is 16.1. The standard InChI is InChI=1S/C16H36N4O/c1-6-19(7-2)11-9-12-20(8-3)13-10-15(16(17)21)18-14(4)5/h14-15,18H,6-13H2,1-5H3,(H2,17,21). The molecule has 0 aromatic carbocycles. The summed E-state index contributed by atoms with van der Waals surface area (Å²) in [6.45, 7) is 17.1. The Balaban J connectivity index is 4.09. The van der Waals surface area contributed by atoms with E-state index in [1.54, 1.807) is 0 Å². The molecular weight excluding hydrogens is 264 g/mol. The zero-order valence-corrected chi connectivity index (χ0v) is 14.7. The summed E-state index contributed by atoms with van der Waals surface area (Å²) in [5.74, 6) is -0.247. The quantitative estimate of drug-likeness (QED) is 0.538. The summed E-state index contributed by atoms with van der Waals surface area (Å²) in [6, 6.07) is 0.0575. The van der Waals surface area contributed by atoms with Crippen molar-refractivity contribution < 1.29 is 4.79 Å². The van der Waals surface area contributed by atoms with Crippen LogP contribution in [0.4, 0.5) is 0 Å². The predicted octanol–water partition coefficient (Wildman–Crippen LogP) is 1.28. The molecule has 1 atom stereocenters. The number of carbonyl (C=O) groups is 1. The fraction of sp³-hybridized carbons (Fsp3) is 0.938. The van der Waals surface area contributed by atoms with E-state index in [2.05, 4.69) is 35.9 Å². The van der Waals surface area contributed by atoms with Gasteiger partial charge >= 0.3 is 0 Å². The summed E-state index contributed by atoms with van der Waals surface area (Å²) < 4.78 is 0. The van der Waals surface area contributed by atoms with Gasteiger partial charge in [-0.2, -0.15) is 0 Å². The SMILES string of the molecule is CCN(CC)CCCN(CC)CCC(NC(C)C)C(N)=O. The van der Waals surface area contributed by atoms with Crippen molar-refractivity contribution in [3.8, 4) is 0 Å². The van der Waals surface area contributed by atoms with E-state index in [4.69, 9.17) is 5.73 Å². The monoisotopic (exact) mass is 300 g/mol. The van der Waals surface area contributed by atoms with Crippen molar-refractivity contribution in [1.29, 1.82) is 0 Å². The minimum absolute atomic E-state index is 0.221. The molecule has 0 saturated heterocycles. The molecule has 1 unspecified atom stereocenters. The van der Waals surface area contributed by atoms with Gasteiger partial charge in [0.2, 0.25) is 5.91 Å². The van der Waals surface area contributed by atoms with E-state index in [1.165, 1.54) is 6.42 Å². The van der Waals surface area contributed by atoms with Crippen molar-refractivity contribution in [3.63, 3.8) is 0 Å². The van der Waals surface area contributed by atoms with Gasteiger partial charge < -0.3 is 20.9 Å². The van der Waals surface area contributed by atoms with E-state index >= 15 is 0 Å². The highest BCUT2D eigenvalue weighted by Crippen LogP contribution is 2.01. The van der Waals surface area contributed by atoms with Crippen molar-refractivity contribution in [1.82, 2.24) is 15.1 Å². The summed E-state index contributed by atoms with van der Waals surface area (Å²) in [6.07, 6.45) is 1.96. The molecule has 0 aliphatic carbocycles. The van der Waals surface area contributed by atoms with Gasteiger partial charge in [0.25, 0.3) is 0 Å². The molecule has 21 heavy (non-hydrogen) atoms. The van der Waals surface area contributed by atoms with Crippen molar-refractivity contribution in [2.75, 3.05) is 39.3 Å². The Labute approximate surface area is 131 Å². The molecule has 0 aliphatic heterocycles. The Hall–Kier alpha value is -0.650. The Kier molecular flexibility index (Phi) is 11.6. The van der Waals surface area contributed by atoms with E-state index in [1.807, 2.05) is 13.8 Å². The Bertz CT molecular complexity index is 267. The third-order valence-corrected chi connectivity index (χ3v) is 3.90. The molecule has 0 rings (SSSR count). The van der Waals surface area contributed by atoms with Crippen LogP contribution in [0, 0.1) is 0 Å². The third kappa shape index (κ3) is 9.82. The Morgan fingerprint density at radius 1 is 1.00 bits per heavy atom. The van der Waals surface area contributed by atoms with Crippen molar-refractivity contribution in [2.24, 2.45) is 5.73 Å². The van der Waals surface area contributed by atoms with Crippen LogP contribution in [0.2, 0.25) is 0 Å². The topological polar surface area (TPSA) is 61.6 Å². The number of rotatable bonds is 13. The van der Waals surface area contributed by atoms with Gasteiger partial charge in [-0.05, 0) is 45.6 Å². The van der Waals surface area contributed by atoms with E-state index in [9.17, 15) is 4.79 Å². The lowest BCUT2D eigenvalue weighted by Crippen LogP contribution is -2.46. The lowest BCUT2D eigenvalue weighted by atomic mass is 10.1. The number of hydrogen-bond donors (Lipinski definition) is 2. The Morgan fingerprint density at radius 2 is 1.52 bits per heavy atom. The van der Waals surface area contributed by atoms with E-state index in [0.717, 1.165) is 45.7 Å². The molecule has 0 bridgehead atoms. The molecule has 1 amide bonds. The predicted molar refractivity (Wildman–Crippen MR) is 90.4 cm³/mol. The van der Waals surface area contributed by atoms with Crippen LogP contribution in [0.5, 0.6) is 0 Å². The zero-order valence-electron chi connectivity index (χ0n) is 14.7. The van der Waals surface area contributed by atoms with Crippen molar-refractivity contribution in [2.45, 2.75) is 59.5 Å². The first-order valence-electron chi connectivity index (χ1n) is 8.44. The largest absolute Gasteiger partial charge is 0.368 e. The molecule has 0 aliphatic rings. The first-order valence-corrected chi connectivity index (χ1v) is 8.44. The first kappa shape index (κ1) is 20.3. The van der Waals surface area contributed by atoms with Crippen LogP contribution >= 0.6 is 0 Å². The lowest BCUT2D eigenvalue weighted by Gasteiger charge is -2.25. The second kappa shape index (κ2) is 12.0. The lowest BCUT2D eigenvalue weighted by molar-refractivity contribution is -0.120.